The van der Waals surface area contributed by atoms with E-state index in [0.717, 1.165) is 6.42 Å². The lowest BCUT2D eigenvalue weighted by Crippen LogP contribution is -2.35. The van der Waals surface area contributed by atoms with Crippen LogP contribution in [-0.4, -0.2) is 43.7 Å². The maximum absolute atomic E-state index is 11.6. The summed E-state index contributed by atoms with van der Waals surface area (Å²) < 4.78 is 20.2. The summed E-state index contributed by atoms with van der Waals surface area (Å²) in [6, 6.07) is 0. The summed E-state index contributed by atoms with van der Waals surface area (Å²) in [5.74, 6) is 2.54. The van der Waals surface area contributed by atoms with Crippen LogP contribution >= 0.6 is 0 Å². The molecule has 1 fully saturated rings. The van der Waals surface area contributed by atoms with Gasteiger partial charge in [0.05, 0.1) is 6.10 Å². The van der Waals surface area contributed by atoms with Crippen molar-refractivity contribution in [3.8, 4) is 12.3 Å². The first-order valence-corrected chi connectivity index (χ1v) is 6.59. The molecule has 1 aliphatic rings. The average Bonchev–Trinajstić information content (AvgIpc) is 2.83. The Labute approximate surface area is 118 Å². The Morgan fingerprint density at radius 2 is 2.40 bits per heavy atom. The van der Waals surface area contributed by atoms with E-state index in [9.17, 15) is 9.59 Å². The van der Waals surface area contributed by atoms with Crippen LogP contribution in [0, 0.1) is 12.3 Å². The van der Waals surface area contributed by atoms with E-state index in [-0.39, 0.29) is 19.3 Å². The molecule has 6 nitrogen and oxygen atoms in total. The zero-order valence-electron chi connectivity index (χ0n) is 11.8. The summed E-state index contributed by atoms with van der Waals surface area (Å²) in [7, 11) is 0. The van der Waals surface area contributed by atoms with Crippen molar-refractivity contribution in [3.63, 3.8) is 0 Å². The second kappa shape index (κ2) is 7.75. The number of hydrogen-bond acceptors (Lipinski definition) is 6. The first-order chi connectivity index (χ1) is 9.55. The largest absolute Gasteiger partial charge is 0.508 e. The van der Waals surface area contributed by atoms with Crippen molar-refractivity contribution in [2.75, 3.05) is 13.2 Å². The van der Waals surface area contributed by atoms with Crippen molar-refractivity contribution in [2.24, 2.45) is 0 Å². The highest BCUT2D eigenvalue weighted by atomic mass is 16.7. The molecule has 0 saturated carbocycles. The van der Waals surface area contributed by atoms with E-state index in [4.69, 9.17) is 20.6 Å². The van der Waals surface area contributed by atoms with Gasteiger partial charge in [-0.25, -0.2) is 4.79 Å². The van der Waals surface area contributed by atoms with E-state index in [1.807, 2.05) is 6.92 Å². The molecule has 1 heterocycles. The second-order valence-electron chi connectivity index (χ2n) is 4.72. The molecule has 1 aliphatic heterocycles. The molecule has 3 unspecified atom stereocenters. The van der Waals surface area contributed by atoms with Gasteiger partial charge in [0, 0.05) is 0 Å². The molecule has 0 spiro atoms. The molecule has 3 atom stereocenters. The molecule has 0 aromatic rings. The van der Waals surface area contributed by atoms with Crippen LogP contribution in [-0.2, 0) is 23.7 Å². The lowest BCUT2D eigenvalue weighted by molar-refractivity contribution is -0.132. The van der Waals surface area contributed by atoms with Gasteiger partial charge in [0.25, 0.3) is 6.47 Å². The van der Waals surface area contributed by atoms with E-state index in [1.165, 1.54) is 0 Å². The van der Waals surface area contributed by atoms with Crippen LogP contribution in [0.5, 0.6) is 0 Å². The molecule has 0 N–H and O–H groups in total. The summed E-state index contributed by atoms with van der Waals surface area (Å²) >= 11 is 0. The van der Waals surface area contributed by atoms with E-state index >= 15 is 0 Å². The minimum atomic E-state index is -0.862. The van der Waals surface area contributed by atoms with Crippen molar-refractivity contribution >= 4 is 12.6 Å². The molecule has 0 aliphatic carbocycles. The van der Waals surface area contributed by atoms with Gasteiger partial charge >= 0.3 is 6.16 Å². The average molecular weight is 284 g/mol. The fourth-order valence-electron chi connectivity index (χ4n) is 1.92. The molecular weight excluding hydrogens is 264 g/mol. The molecule has 0 aromatic heterocycles. The Morgan fingerprint density at radius 3 is 2.90 bits per heavy atom. The quantitative estimate of drug-likeness (QED) is 0.402. The number of carbonyl (C=O) groups is 2. The van der Waals surface area contributed by atoms with Gasteiger partial charge in [-0.05, 0) is 26.2 Å². The Morgan fingerprint density at radius 1 is 1.65 bits per heavy atom. The minimum Gasteiger partial charge on any atom is -0.464 e. The van der Waals surface area contributed by atoms with Gasteiger partial charge in [0.15, 0.2) is 5.60 Å². The molecule has 112 valence electrons. The third-order valence-corrected chi connectivity index (χ3v) is 3.14. The predicted molar refractivity (Wildman–Crippen MR) is 69.9 cm³/mol. The van der Waals surface area contributed by atoms with Gasteiger partial charge in [-0.3, -0.25) is 4.79 Å². The van der Waals surface area contributed by atoms with Crippen LogP contribution < -0.4 is 0 Å². The molecule has 20 heavy (non-hydrogen) atoms. The molecule has 0 radical (unpaired) electrons. The van der Waals surface area contributed by atoms with Crippen LogP contribution in [0.25, 0.3) is 0 Å². The molecule has 0 amide bonds. The van der Waals surface area contributed by atoms with Crippen molar-refractivity contribution in [1.82, 2.24) is 0 Å². The fraction of sp³-hybridized carbons (Fsp3) is 0.714. The topological polar surface area (TPSA) is 71.1 Å². The van der Waals surface area contributed by atoms with Gasteiger partial charge in [-0.2, -0.15) is 0 Å². The summed E-state index contributed by atoms with van der Waals surface area (Å²) in [5, 5.41) is 0. The van der Waals surface area contributed by atoms with Gasteiger partial charge < -0.3 is 18.9 Å². The molecule has 6 heteroatoms. The SMILES string of the molecule is C#CC1(COC(=O)OC(CC)COC=O)CCC(C)O1. The first kappa shape index (κ1) is 16.3. The van der Waals surface area contributed by atoms with Crippen molar-refractivity contribution in [1.29, 1.82) is 0 Å². The highest BCUT2D eigenvalue weighted by Crippen LogP contribution is 2.30. The van der Waals surface area contributed by atoms with Crippen molar-refractivity contribution in [3.05, 3.63) is 0 Å². The second-order valence-corrected chi connectivity index (χ2v) is 4.72. The zero-order valence-corrected chi connectivity index (χ0v) is 11.8. The van der Waals surface area contributed by atoms with Gasteiger partial charge in [-0.15, -0.1) is 6.42 Å². The molecule has 1 saturated heterocycles. The van der Waals surface area contributed by atoms with Gasteiger partial charge in [-0.1, -0.05) is 12.8 Å². The van der Waals surface area contributed by atoms with Crippen LogP contribution in [0.2, 0.25) is 0 Å². The monoisotopic (exact) mass is 284 g/mol. The van der Waals surface area contributed by atoms with Crippen molar-refractivity contribution in [2.45, 2.75) is 50.9 Å². The summed E-state index contributed by atoms with van der Waals surface area (Å²) in [6.07, 6.45) is 6.10. The first-order valence-electron chi connectivity index (χ1n) is 6.59. The maximum atomic E-state index is 11.6. The summed E-state index contributed by atoms with van der Waals surface area (Å²) in [6.45, 7) is 3.98. The number of ether oxygens (including phenoxy) is 4. The number of rotatable bonds is 7. The van der Waals surface area contributed by atoms with Gasteiger partial charge in [0.2, 0.25) is 0 Å². The Bertz CT molecular complexity index is 374. The van der Waals surface area contributed by atoms with E-state index in [0.29, 0.717) is 19.3 Å². The predicted octanol–water partition coefficient (Wildman–Crippen LogP) is 1.66. The van der Waals surface area contributed by atoms with Gasteiger partial charge in [0.1, 0.15) is 19.3 Å². The number of carbonyl (C=O) groups excluding carboxylic acids is 2. The Hall–Kier alpha value is -1.74. The number of terminal acetylenes is 1. The van der Waals surface area contributed by atoms with Crippen LogP contribution in [0.15, 0.2) is 0 Å². The molecule has 0 bridgehead atoms. The summed E-state index contributed by atoms with van der Waals surface area (Å²) in [5.41, 5.74) is -0.862. The lowest BCUT2D eigenvalue weighted by Gasteiger charge is -2.23. The highest BCUT2D eigenvalue weighted by molar-refractivity contribution is 5.60. The van der Waals surface area contributed by atoms with Crippen molar-refractivity contribution < 1.29 is 28.5 Å². The number of hydrogen-bond donors (Lipinski definition) is 0. The molecule has 1 rings (SSSR count). The smallest absolute Gasteiger partial charge is 0.464 e. The minimum absolute atomic E-state index is 0.00289. The third kappa shape index (κ3) is 4.74. The van der Waals surface area contributed by atoms with Crippen LogP contribution in [0.3, 0.4) is 0 Å². The van der Waals surface area contributed by atoms with Crippen LogP contribution in [0.4, 0.5) is 4.79 Å². The van der Waals surface area contributed by atoms with E-state index in [1.54, 1.807) is 6.92 Å². The molecule has 0 aromatic carbocycles. The normalized spacial score (nSPS) is 26.4. The third-order valence-electron chi connectivity index (χ3n) is 3.14. The van der Waals surface area contributed by atoms with Crippen LogP contribution in [0.1, 0.15) is 33.1 Å². The lowest BCUT2D eigenvalue weighted by atomic mass is 10.0. The fourth-order valence-corrected chi connectivity index (χ4v) is 1.92. The summed E-state index contributed by atoms with van der Waals surface area (Å²) in [4.78, 5) is 21.6. The maximum Gasteiger partial charge on any atom is 0.508 e. The molecular formula is C14H20O6. The Kier molecular flexibility index (Phi) is 6.32. The Balaban J connectivity index is 2.38. The standard InChI is InChI=1S/C14H20O6/c1-4-12(8-17-10-15)19-13(16)18-9-14(5-2)7-6-11(3)20-14/h2,10-12H,4,6-9H2,1,3H3. The highest BCUT2D eigenvalue weighted by Gasteiger charge is 2.38. The van der Waals surface area contributed by atoms with E-state index < -0.39 is 17.9 Å². The van der Waals surface area contributed by atoms with E-state index in [2.05, 4.69) is 10.7 Å². The zero-order chi connectivity index (χ0) is 15.0.